The first kappa shape index (κ1) is 24.4. The maximum absolute atomic E-state index is 6.89. The van der Waals surface area contributed by atoms with Crippen LogP contribution in [0.1, 0.15) is 59.3 Å². The SMILES string of the molecule is Cc1ccc2op(N([C@H](C)c3ccccc3)[C@H](C)c3ccccc3)oc3ccc(C)c(C)c3c2c1C. The largest absolute Gasteiger partial charge is 0.408 e. The Hall–Kier alpha value is -3.26. The maximum Gasteiger partial charge on any atom is 0.310 e. The molecular formula is C32H34NO2P. The van der Waals surface area contributed by atoms with E-state index in [1.54, 1.807) is 0 Å². The fraction of sp³-hybridized carbons (Fsp3) is 0.250. The summed E-state index contributed by atoms with van der Waals surface area (Å²) >= 11 is 0. The van der Waals surface area contributed by atoms with Gasteiger partial charge >= 0.3 is 8.16 Å². The molecule has 0 bridgehead atoms. The van der Waals surface area contributed by atoms with Gasteiger partial charge in [0.25, 0.3) is 0 Å². The van der Waals surface area contributed by atoms with Gasteiger partial charge in [-0.15, -0.1) is 0 Å². The van der Waals surface area contributed by atoms with E-state index in [4.69, 9.17) is 8.39 Å². The molecule has 0 aliphatic heterocycles. The van der Waals surface area contributed by atoms with Crippen LogP contribution in [0.25, 0.3) is 21.9 Å². The van der Waals surface area contributed by atoms with Crippen LogP contribution in [0.2, 0.25) is 0 Å². The van der Waals surface area contributed by atoms with Crippen LogP contribution in [0.5, 0.6) is 0 Å². The minimum Gasteiger partial charge on any atom is -0.408 e. The molecular weight excluding hydrogens is 461 g/mol. The Labute approximate surface area is 215 Å². The zero-order chi connectivity index (χ0) is 25.4. The molecule has 0 radical (unpaired) electrons. The minimum atomic E-state index is -1.47. The van der Waals surface area contributed by atoms with Gasteiger partial charge < -0.3 is 8.39 Å². The van der Waals surface area contributed by atoms with Crippen molar-refractivity contribution in [3.8, 4) is 0 Å². The van der Waals surface area contributed by atoms with Crippen LogP contribution in [-0.2, 0) is 0 Å². The Morgan fingerprint density at radius 1 is 0.556 bits per heavy atom. The number of hydrogen-bond donors (Lipinski definition) is 0. The van der Waals surface area contributed by atoms with Crippen molar-refractivity contribution < 1.29 is 8.39 Å². The fourth-order valence-electron chi connectivity index (χ4n) is 5.02. The lowest BCUT2D eigenvalue weighted by molar-refractivity contribution is 0.558. The molecule has 3 nitrogen and oxygen atoms in total. The highest BCUT2D eigenvalue weighted by molar-refractivity contribution is 7.39. The van der Waals surface area contributed by atoms with Crippen molar-refractivity contribution in [2.45, 2.75) is 53.6 Å². The number of rotatable bonds is 5. The van der Waals surface area contributed by atoms with E-state index < -0.39 is 8.16 Å². The molecule has 0 amide bonds. The van der Waals surface area contributed by atoms with Gasteiger partial charge in [-0.3, -0.25) is 0 Å². The number of hydrogen-bond acceptors (Lipinski definition) is 3. The summed E-state index contributed by atoms with van der Waals surface area (Å²) in [7, 11) is -1.47. The van der Waals surface area contributed by atoms with E-state index >= 15 is 0 Å². The maximum atomic E-state index is 6.89. The van der Waals surface area contributed by atoms with Crippen LogP contribution in [0, 0.1) is 27.7 Å². The van der Waals surface area contributed by atoms with Crippen molar-refractivity contribution in [1.82, 2.24) is 0 Å². The third-order valence-electron chi connectivity index (χ3n) is 7.54. The third-order valence-corrected chi connectivity index (χ3v) is 9.32. The summed E-state index contributed by atoms with van der Waals surface area (Å²) in [6, 6.07) is 30.0. The van der Waals surface area contributed by atoms with E-state index in [0.717, 1.165) is 21.9 Å². The lowest BCUT2D eigenvalue weighted by Gasteiger charge is -2.31. The standard InChI is InChI=1S/C32H34NO2P/c1-21-17-19-29-31(23(21)3)32-24(4)22(2)18-20-30(32)35-36(34-29)33(25(5)27-13-9-7-10-14-27)26(6)28-15-11-8-12-16-28/h7-20,25-26H,1-6H3/t25-,26-/m1/s1. The molecule has 0 unspecified atom stereocenters. The van der Waals surface area contributed by atoms with E-state index in [2.05, 4.69) is 131 Å². The molecule has 0 aliphatic rings. The summed E-state index contributed by atoms with van der Waals surface area (Å²) in [5, 5.41) is 2.30. The van der Waals surface area contributed by atoms with Gasteiger partial charge in [0.2, 0.25) is 0 Å². The van der Waals surface area contributed by atoms with E-state index in [-0.39, 0.29) is 12.1 Å². The molecule has 1 heterocycles. The summed E-state index contributed by atoms with van der Waals surface area (Å²) in [5.74, 6) is 0. The average Bonchev–Trinajstić information content (AvgIpc) is 3.07. The number of nitrogens with zero attached hydrogens (tertiary/aromatic N) is 1. The second kappa shape index (κ2) is 10.0. The van der Waals surface area contributed by atoms with E-state index in [0.29, 0.717) is 0 Å². The Morgan fingerprint density at radius 3 is 1.33 bits per heavy atom. The van der Waals surface area contributed by atoms with Gasteiger partial charge in [0, 0.05) is 22.9 Å². The van der Waals surface area contributed by atoms with E-state index in [9.17, 15) is 0 Å². The molecule has 0 spiro atoms. The van der Waals surface area contributed by atoms with Crippen molar-refractivity contribution in [2.24, 2.45) is 0 Å². The lowest BCUT2D eigenvalue weighted by Crippen LogP contribution is -2.27. The molecule has 2 atom stereocenters. The molecule has 0 saturated heterocycles. The van der Waals surface area contributed by atoms with Gasteiger partial charge in [-0.1, -0.05) is 72.8 Å². The highest BCUT2D eigenvalue weighted by atomic mass is 31.1. The molecule has 0 fully saturated rings. The molecule has 5 aromatic rings. The molecule has 4 heteroatoms. The van der Waals surface area contributed by atoms with Gasteiger partial charge in [0.15, 0.2) is 0 Å². The highest BCUT2D eigenvalue weighted by Gasteiger charge is 2.29. The van der Waals surface area contributed by atoms with Gasteiger partial charge in [0.1, 0.15) is 11.2 Å². The third kappa shape index (κ3) is 4.39. The first-order valence-corrected chi connectivity index (χ1v) is 13.7. The van der Waals surface area contributed by atoms with Gasteiger partial charge in [-0.05, 0) is 87.1 Å². The molecule has 1 aromatic heterocycles. The highest BCUT2D eigenvalue weighted by Crippen LogP contribution is 2.47. The second-order valence-corrected chi connectivity index (χ2v) is 11.0. The second-order valence-electron chi connectivity index (χ2n) is 9.73. The van der Waals surface area contributed by atoms with Crippen LogP contribution in [0.4, 0.5) is 0 Å². The number of aryl methyl sites for hydroxylation is 4. The smallest absolute Gasteiger partial charge is 0.310 e. The quantitative estimate of drug-likeness (QED) is 0.243. The number of benzene rings is 4. The Kier molecular flexibility index (Phi) is 6.79. The van der Waals surface area contributed by atoms with Crippen molar-refractivity contribution in [1.29, 1.82) is 0 Å². The summed E-state index contributed by atoms with van der Waals surface area (Å²) in [4.78, 5) is 0. The summed E-state index contributed by atoms with van der Waals surface area (Å²) in [6.45, 7) is 13.2. The molecule has 0 N–H and O–H groups in total. The number of fused-ring (bicyclic) bond motifs is 3. The Morgan fingerprint density at radius 2 is 0.944 bits per heavy atom. The molecule has 184 valence electrons. The van der Waals surface area contributed by atoms with Crippen LogP contribution >= 0.6 is 8.16 Å². The van der Waals surface area contributed by atoms with Crippen molar-refractivity contribution >= 4 is 30.1 Å². The minimum absolute atomic E-state index is 0.0793. The predicted octanol–water partition coefficient (Wildman–Crippen LogP) is 9.98. The topological polar surface area (TPSA) is 29.5 Å². The van der Waals surface area contributed by atoms with Crippen molar-refractivity contribution in [3.63, 3.8) is 0 Å². The monoisotopic (exact) mass is 495 g/mol. The Bertz CT molecular complexity index is 1440. The van der Waals surface area contributed by atoms with Crippen LogP contribution in [0.15, 0.2) is 93.3 Å². The summed E-state index contributed by atoms with van der Waals surface area (Å²) in [6.07, 6.45) is 0. The molecule has 0 saturated carbocycles. The molecule has 4 aromatic carbocycles. The van der Waals surface area contributed by atoms with Gasteiger partial charge in [-0.25, -0.2) is 0 Å². The van der Waals surface area contributed by atoms with E-state index in [1.165, 1.54) is 33.4 Å². The summed E-state index contributed by atoms with van der Waals surface area (Å²) in [5.41, 5.74) is 9.23. The van der Waals surface area contributed by atoms with Crippen LogP contribution < -0.4 is 4.67 Å². The normalized spacial score (nSPS) is 13.3. The van der Waals surface area contributed by atoms with E-state index in [1.807, 2.05) is 0 Å². The molecule has 36 heavy (non-hydrogen) atoms. The average molecular weight is 496 g/mol. The Balaban J connectivity index is 1.85. The lowest BCUT2D eigenvalue weighted by atomic mass is 9.97. The van der Waals surface area contributed by atoms with Gasteiger partial charge in [-0.2, -0.15) is 4.67 Å². The molecule has 0 aliphatic carbocycles. The fourth-order valence-corrected chi connectivity index (χ4v) is 6.72. The van der Waals surface area contributed by atoms with Crippen molar-refractivity contribution in [3.05, 3.63) is 118 Å². The van der Waals surface area contributed by atoms with Crippen molar-refractivity contribution in [2.75, 3.05) is 4.67 Å². The predicted molar refractivity (Wildman–Crippen MR) is 153 cm³/mol. The first-order valence-electron chi connectivity index (χ1n) is 12.6. The zero-order valence-electron chi connectivity index (χ0n) is 21.9. The van der Waals surface area contributed by atoms with Crippen LogP contribution in [0.3, 0.4) is 0 Å². The first-order chi connectivity index (χ1) is 17.4. The van der Waals surface area contributed by atoms with Crippen LogP contribution in [-0.4, -0.2) is 0 Å². The summed E-state index contributed by atoms with van der Waals surface area (Å²) < 4.78 is 16.2. The zero-order valence-corrected chi connectivity index (χ0v) is 22.8. The van der Waals surface area contributed by atoms with Gasteiger partial charge in [0.05, 0.1) is 0 Å². The molecule has 5 rings (SSSR count).